The normalized spacial score (nSPS) is 14.7. The smallest absolute Gasteiger partial charge is 0.148 e. The molecule has 0 bridgehead atoms. The maximum Gasteiger partial charge on any atom is 0.148 e. The van der Waals surface area contributed by atoms with Crippen molar-refractivity contribution in [1.29, 1.82) is 0 Å². The summed E-state index contributed by atoms with van der Waals surface area (Å²) in [6.45, 7) is 1.04. The molecule has 0 saturated heterocycles. The highest BCUT2D eigenvalue weighted by molar-refractivity contribution is 9.10. The SMILES string of the molecule is Fc1ccc(-c2nnc(CCCNC3CC3)s2)c(Br)c1. The van der Waals surface area contributed by atoms with Crippen LogP contribution in [0.25, 0.3) is 10.6 Å². The van der Waals surface area contributed by atoms with E-state index in [1.54, 1.807) is 17.4 Å². The lowest BCUT2D eigenvalue weighted by Gasteiger charge is -2.00. The molecule has 2 aromatic rings. The molecular formula is C14H15BrFN3S. The number of nitrogens with one attached hydrogen (secondary N) is 1. The van der Waals surface area contributed by atoms with E-state index in [-0.39, 0.29) is 5.82 Å². The van der Waals surface area contributed by atoms with E-state index in [1.807, 2.05) is 0 Å². The lowest BCUT2D eigenvalue weighted by atomic mass is 10.2. The Bertz CT molecular complexity index is 598. The lowest BCUT2D eigenvalue weighted by Crippen LogP contribution is -2.17. The predicted molar refractivity (Wildman–Crippen MR) is 82.3 cm³/mol. The molecule has 3 rings (SSSR count). The van der Waals surface area contributed by atoms with E-state index in [4.69, 9.17) is 0 Å². The van der Waals surface area contributed by atoms with Crippen LogP contribution >= 0.6 is 27.3 Å². The minimum Gasteiger partial charge on any atom is -0.314 e. The fraction of sp³-hybridized carbons (Fsp3) is 0.429. The van der Waals surface area contributed by atoms with Gasteiger partial charge in [-0.15, -0.1) is 10.2 Å². The van der Waals surface area contributed by atoms with Gasteiger partial charge in [0.1, 0.15) is 15.8 Å². The highest BCUT2D eigenvalue weighted by Crippen LogP contribution is 2.31. The largest absolute Gasteiger partial charge is 0.314 e. The maximum atomic E-state index is 13.1. The molecule has 1 aliphatic carbocycles. The van der Waals surface area contributed by atoms with Gasteiger partial charge in [-0.1, -0.05) is 11.3 Å². The molecule has 0 radical (unpaired) electrons. The van der Waals surface area contributed by atoms with Crippen molar-refractivity contribution in [3.63, 3.8) is 0 Å². The van der Waals surface area contributed by atoms with E-state index < -0.39 is 0 Å². The van der Waals surface area contributed by atoms with Gasteiger partial charge >= 0.3 is 0 Å². The minimum absolute atomic E-state index is 0.253. The van der Waals surface area contributed by atoms with Gasteiger partial charge in [-0.25, -0.2) is 4.39 Å². The van der Waals surface area contributed by atoms with Gasteiger partial charge in [-0.05, 0) is 59.9 Å². The highest BCUT2D eigenvalue weighted by Gasteiger charge is 2.19. The quantitative estimate of drug-likeness (QED) is 0.801. The van der Waals surface area contributed by atoms with Crippen molar-refractivity contribution in [3.8, 4) is 10.6 Å². The average Bonchev–Trinajstić information content (AvgIpc) is 3.13. The summed E-state index contributed by atoms with van der Waals surface area (Å²) in [5.74, 6) is -0.253. The molecule has 1 aromatic heterocycles. The fourth-order valence-corrected chi connectivity index (χ4v) is 3.55. The van der Waals surface area contributed by atoms with Gasteiger partial charge in [-0.3, -0.25) is 0 Å². The Morgan fingerprint density at radius 2 is 2.20 bits per heavy atom. The number of benzene rings is 1. The van der Waals surface area contributed by atoms with E-state index in [0.29, 0.717) is 0 Å². The van der Waals surface area contributed by atoms with Crippen LogP contribution in [-0.4, -0.2) is 22.8 Å². The van der Waals surface area contributed by atoms with E-state index in [2.05, 4.69) is 31.4 Å². The molecule has 0 amide bonds. The zero-order valence-corrected chi connectivity index (χ0v) is 13.3. The Morgan fingerprint density at radius 3 is 2.95 bits per heavy atom. The molecule has 3 nitrogen and oxygen atoms in total. The molecule has 1 N–H and O–H groups in total. The first kappa shape index (κ1) is 14.1. The van der Waals surface area contributed by atoms with Crippen molar-refractivity contribution in [1.82, 2.24) is 15.5 Å². The highest BCUT2D eigenvalue weighted by atomic mass is 79.9. The summed E-state index contributed by atoms with van der Waals surface area (Å²) in [4.78, 5) is 0. The molecule has 0 spiro atoms. The second-order valence-corrected chi connectivity index (χ2v) is 6.87. The van der Waals surface area contributed by atoms with Crippen molar-refractivity contribution in [3.05, 3.63) is 33.5 Å². The molecule has 1 aromatic carbocycles. The first-order valence-corrected chi connectivity index (χ1v) is 8.34. The number of hydrogen-bond acceptors (Lipinski definition) is 4. The van der Waals surface area contributed by atoms with Gasteiger partial charge in [0.05, 0.1) is 0 Å². The number of nitrogens with zero attached hydrogens (tertiary/aromatic N) is 2. The van der Waals surface area contributed by atoms with Gasteiger partial charge in [-0.2, -0.15) is 0 Å². The first-order chi connectivity index (χ1) is 9.72. The summed E-state index contributed by atoms with van der Waals surface area (Å²) in [5.41, 5.74) is 0.895. The summed E-state index contributed by atoms with van der Waals surface area (Å²) >= 11 is 4.95. The second-order valence-electron chi connectivity index (χ2n) is 4.96. The van der Waals surface area contributed by atoms with Crippen molar-refractivity contribution in [2.75, 3.05) is 6.54 Å². The summed E-state index contributed by atoms with van der Waals surface area (Å²) in [6.07, 6.45) is 4.66. The zero-order chi connectivity index (χ0) is 13.9. The van der Waals surface area contributed by atoms with Crippen LogP contribution in [0, 0.1) is 5.82 Å². The van der Waals surface area contributed by atoms with Crippen molar-refractivity contribution >= 4 is 27.3 Å². The number of aromatic nitrogens is 2. The summed E-state index contributed by atoms with van der Waals surface area (Å²) < 4.78 is 13.8. The Hall–Kier alpha value is -0.850. The number of halogens is 2. The van der Waals surface area contributed by atoms with Crippen LogP contribution in [-0.2, 0) is 6.42 Å². The topological polar surface area (TPSA) is 37.8 Å². The molecular weight excluding hydrogens is 341 g/mol. The first-order valence-electron chi connectivity index (χ1n) is 6.73. The van der Waals surface area contributed by atoms with Crippen LogP contribution in [0.5, 0.6) is 0 Å². The Morgan fingerprint density at radius 1 is 1.35 bits per heavy atom. The van der Waals surface area contributed by atoms with Gasteiger partial charge in [0.15, 0.2) is 0 Å². The molecule has 1 aliphatic rings. The molecule has 1 fully saturated rings. The van der Waals surface area contributed by atoms with Crippen molar-refractivity contribution in [2.24, 2.45) is 0 Å². The van der Waals surface area contributed by atoms with Gasteiger partial charge in [0.2, 0.25) is 0 Å². The van der Waals surface area contributed by atoms with Gasteiger partial charge < -0.3 is 5.32 Å². The standard InChI is InChI=1S/C14H15BrFN3S/c15-12-8-9(16)3-6-11(12)14-19-18-13(20-14)2-1-7-17-10-4-5-10/h3,6,8,10,17H,1-2,4-5,7H2. The van der Waals surface area contributed by atoms with Gasteiger partial charge in [0.25, 0.3) is 0 Å². The van der Waals surface area contributed by atoms with Crippen LogP contribution in [0.15, 0.2) is 22.7 Å². The van der Waals surface area contributed by atoms with Crippen molar-refractivity contribution in [2.45, 2.75) is 31.7 Å². The molecule has 0 unspecified atom stereocenters. The third-order valence-electron chi connectivity index (χ3n) is 3.21. The molecule has 1 heterocycles. The third kappa shape index (κ3) is 3.62. The lowest BCUT2D eigenvalue weighted by molar-refractivity contribution is 0.627. The van der Waals surface area contributed by atoms with Crippen LogP contribution in [0.2, 0.25) is 0 Å². The average molecular weight is 356 g/mol. The molecule has 20 heavy (non-hydrogen) atoms. The molecule has 0 aliphatic heterocycles. The maximum absolute atomic E-state index is 13.1. The van der Waals surface area contributed by atoms with Crippen LogP contribution in [0.1, 0.15) is 24.3 Å². The molecule has 1 saturated carbocycles. The van der Waals surface area contributed by atoms with E-state index >= 15 is 0 Å². The third-order valence-corrected chi connectivity index (χ3v) is 4.88. The predicted octanol–water partition coefficient (Wildman–Crippen LogP) is 3.79. The summed E-state index contributed by atoms with van der Waals surface area (Å²) in [7, 11) is 0. The molecule has 106 valence electrons. The second kappa shape index (κ2) is 6.28. The number of aryl methyl sites for hydroxylation is 1. The van der Waals surface area contributed by atoms with Gasteiger partial charge in [0, 0.05) is 22.5 Å². The van der Waals surface area contributed by atoms with Crippen LogP contribution in [0.4, 0.5) is 4.39 Å². The monoisotopic (exact) mass is 355 g/mol. The summed E-state index contributed by atoms with van der Waals surface area (Å²) in [5, 5.41) is 13.8. The Kier molecular flexibility index (Phi) is 4.43. The summed E-state index contributed by atoms with van der Waals surface area (Å²) in [6, 6.07) is 5.39. The molecule has 6 heteroatoms. The van der Waals surface area contributed by atoms with E-state index in [0.717, 1.165) is 45.5 Å². The number of hydrogen-bond donors (Lipinski definition) is 1. The van der Waals surface area contributed by atoms with Crippen LogP contribution in [0.3, 0.4) is 0 Å². The zero-order valence-electron chi connectivity index (χ0n) is 10.9. The Labute approximate surface area is 129 Å². The minimum atomic E-state index is -0.253. The fourth-order valence-electron chi connectivity index (χ4n) is 1.96. The van der Waals surface area contributed by atoms with E-state index in [1.165, 1.54) is 25.0 Å². The number of rotatable bonds is 6. The van der Waals surface area contributed by atoms with Crippen LogP contribution < -0.4 is 5.32 Å². The van der Waals surface area contributed by atoms with E-state index in [9.17, 15) is 4.39 Å². The molecule has 0 atom stereocenters. The Balaban J connectivity index is 1.60. The van der Waals surface area contributed by atoms with Crippen molar-refractivity contribution < 1.29 is 4.39 Å².